The summed E-state index contributed by atoms with van der Waals surface area (Å²) in [5.41, 5.74) is 5.04. The monoisotopic (exact) mass is 364 g/mol. The summed E-state index contributed by atoms with van der Waals surface area (Å²) in [7, 11) is 0. The minimum atomic E-state index is -0.491. The van der Waals surface area contributed by atoms with E-state index in [1.807, 2.05) is 6.20 Å². The van der Waals surface area contributed by atoms with Crippen molar-refractivity contribution >= 4 is 43.9 Å². The van der Waals surface area contributed by atoms with Crippen LogP contribution in [-0.4, -0.2) is 9.36 Å². The molecule has 0 amide bonds. The molecule has 1 N–H and O–H groups in total. The number of aromatic amines is 1. The molecular formula is C16H14BrFN2S. The molecule has 5 heteroatoms. The van der Waals surface area contributed by atoms with E-state index >= 15 is 0 Å². The number of hydrogen-bond donors (Lipinski definition) is 1. The zero-order chi connectivity index (χ0) is 15.0. The van der Waals surface area contributed by atoms with Crippen LogP contribution in [-0.2, 0) is 6.67 Å². The molecule has 2 aromatic heterocycles. The molecule has 0 atom stereocenters. The zero-order valence-electron chi connectivity index (χ0n) is 11.5. The number of allylic oxidation sites excluding steroid dienone is 1. The fourth-order valence-corrected chi connectivity index (χ4v) is 3.57. The third-order valence-corrected chi connectivity index (χ3v) is 5.02. The Balaban J connectivity index is 2.25. The molecule has 0 saturated carbocycles. The topological polar surface area (TPSA) is 28.7 Å². The van der Waals surface area contributed by atoms with Crippen LogP contribution >= 0.6 is 27.5 Å². The first-order chi connectivity index (χ1) is 10.2. The summed E-state index contributed by atoms with van der Waals surface area (Å²) in [5, 5.41) is 1.06. The van der Waals surface area contributed by atoms with Crippen molar-refractivity contribution in [2.75, 3.05) is 0 Å². The number of hydrogen-bond acceptors (Lipinski definition) is 2. The maximum atomic E-state index is 13.1. The maximum absolute atomic E-state index is 13.1. The number of alkyl halides is 1. The van der Waals surface area contributed by atoms with Gasteiger partial charge in [0.05, 0.1) is 10.4 Å². The van der Waals surface area contributed by atoms with E-state index in [0.29, 0.717) is 4.88 Å². The number of fused-ring (bicyclic) bond motifs is 1. The van der Waals surface area contributed by atoms with Gasteiger partial charge in [0.2, 0.25) is 0 Å². The van der Waals surface area contributed by atoms with Crippen LogP contribution < -0.4 is 0 Å². The first-order valence-corrected chi connectivity index (χ1v) is 8.21. The highest BCUT2D eigenvalue weighted by molar-refractivity contribution is 9.10. The average molecular weight is 365 g/mol. The Morgan fingerprint density at radius 1 is 1.43 bits per heavy atom. The lowest BCUT2D eigenvalue weighted by atomic mass is 10.00. The van der Waals surface area contributed by atoms with Crippen LogP contribution in [0.25, 0.3) is 27.6 Å². The Morgan fingerprint density at radius 3 is 2.95 bits per heavy atom. The molecule has 108 valence electrons. The van der Waals surface area contributed by atoms with Crippen LogP contribution in [0, 0.1) is 0 Å². The van der Waals surface area contributed by atoms with Gasteiger partial charge in [-0.15, -0.1) is 0 Å². The molecule has 0 aliphatic heterocycles. The van der Waals surface area contributed by atoms with Crippen LogP contribution in [0.5, 0.6) is 0 Å². The largest absolute Gasteiger partial charge is 0.360 e. The lowest BCUT2D eigenvalue weighted by Gasteiger charge is -2.06. The molecule has 0 radical (unpaired) electrons. The van der Waals surface area contributed by atoms with Crippen LogP contribution in [0.4, 0.5) is 4.39 Å². The van der Waals surface area contributed by atoms with Crippen molar-refractivity contribution in [2.45, 2.75) is 20.0 Å². The minimum absolute atomic E-state index is 0.491. The highest BCUT2D eigenvalue weighted by Crippen LogP contribution is 2.37. The molecule has 3 rings (SSSR count). The molecule has 0 fully saturated rings. The van der Waals surface area contributed by atoms with E-state index in [-0.39, 0.29) is 0 Å². The van der Waals surface area contributed by atoms with E-state index in [2.05, 4.69) is 50.9 Å². The van der Waals surface area contributed by atoms with Crippen molar-refractivity contribution in [3.8, 4) is 11.1 Å². The van der Waals surface area contributed by atoms with Gasteiger partial charge in [-0.05, 0) is 57.2 Å². The van der Waals surface area contributed by atoms with Crippen molar-refractivity contribution in [1.82, 2.24) is 9.36 Å². The molecule has 3 aromatic rings. The predicted molar refractivity (Wildman–Crippen MR) is 91.2 cm³/mol. The van der Waals surface area contributed by atoms with Crippen LogP contribution in [0.15, 0.2) is 35.6 Å². The quantitative estimate of drug-likeness (QED) is 0.608. The van der Waals surface area contributed by atoms with Gasteiger partial charge in [0.25, 0.3) is 0 Å². The Bertz CT molecular complexity index is 819. The van der Waals surface area contributed by atoms with Crippen molar-refractivity contribution in [3.05, 3.63) is 46.0 Å². The summed E-state index contributed by atoms with van der Waals surface area (Å²) in [6, 6.07) is 4.17. The number of benzene rings is 1. The highest BCUT2D eigenvalue weighted by atomic mass is 79.9. The SMILES string of the molecule is C=C(CC)c1cc(Br)c2[nH]cc(-c3cnsc3CF)c2c1. The van der Waals surface area contributed by atoms with Gasteiger partial charge in [0.1, 0.15) is 6.67 Å². The van der Waals surface area contributed by atoms with Gasteiger partial charge in [-0.1, -0.05) is 13.5 Å². The average Bonchev–Trinajstić information content (AvgIpc) is 3.11. The second-order valence-corrected chi connectivity index (χ2v) is 6.58. The summed E-state index contributed by atoms with van der Waals surface area (Å²) >= 11 is 4.81. The minimum Gasteiger partial charge on any atom is -0.360 e. The Kier molecular flexibility index (Phi) is 3.95. The van der Waals surface area contributed by atoms with Gasteiger partial charge in [-0.25, -0.2) is 8.76 Å². The highest BCUT2D eigenvalue weighted by Gasteiger charge is 2.15. The summed E-state index contributed by atoms with van der Waals surface area (Å²) < 4.78 is 18.2. The van der Waals surface area contributed by atoms with Gasteiger partial charge in [0.15, 0.2) is 0 Å². The van der Waals surface area contributed by atoms with Gasteiger partial charge in [-0.2, -0.15) is 0 Å². The van der Waals surface area contributed by atoms with Gasteiger partial charge in [-0.3, -0.25) is 0 Å². The molecule has 0 bridgehead atoms. The molecule has 0 saturated heterocycles. The van der Waals surface area contributed by atoms with Crippen LogP contribution in [0.2, 0.25) is 0 Å². The fourth-order valence-electron chi connectivity index (χ4n) is 2.40. The molecule has 2 nitrogen and oxygen atoms in total. The first kappa shape index (κ1) is 14.5. The smallest absolute Gasteiger partial charge is 0.126 e. The Labute approximate surface area is 135 Å². The molecule has 21 heavy (non-hydrogen) atoms. The molecule has 1 aromatic carbocycles. The zero-order valence-corrected chi connectivity index (χ0v) is 13.9. The second kappa shape index (κ2) is 5.73. The molecule has 0 spiro atoms. The second-order valence-electron chi connectivity index (χ2n) is 4.84. The van der Waals surface area contributed by atoms with Gasteiger partial charge < -0.3 is 4.98 Å². The van der Waals surface area contributed by atoms with Crippen molar-refractivity contribution in [1.29, 1.82) is 0 Å². The van der Waals surface area contributed by atoms with Crippen molar-refractivity contribution in [3.63, 3.8) is 0 Å². The summed E-state index contributed by atoms with van der Waals surface area (Å²) in [6.45, 7) is 5.70. The Hall–Kier alpha value is -1.46. The van der Waals surface area contributed by atoms with Crippen molar-refractivity contribution < 1.29 is 4.39 Å². The summed E-state index contributed by atoms with van der Waals surface area (Å²) in [6.07, 6.45) is 4.54. The number of halogens is 2. The molecule has 0 aliphatic carbocycles. The van der Waals surface area contributed by atoms with E-state index in [4.69, 9.17) is 0 Å². The number of H-pyrrole nitrogens is 1. The molecule has 2 heterocycles. The molecule has 0 aliphatic rings. The molecule has 0 unspecified atom stereocenters. The Morgan fingerprint density at radius 2 is 2.24 bits per heavy atom. The fraction of sp³-hybridized carbons (Fsp3) is 0.188. The lowest BCUT2D eigenvalue weighted by Crippen LogP contribution is -1.84. The van der Waals surface area contributed by atoms with Gasteiger partial charge >= 0.3 is 0 Å². The maximum Gasteiger partial charge on any atom is 0.126 e. The van der Waals surface area contributed by atoms with E-state index < -0.39 is 6.67 Å². The number of rotatable bonds is 4. The molecular weight excluding hydrogens is 351 g/mol. The van der Waals surface area contributed by atoms with E-state index in [9.17, 15) is 4.39 Å². The van der Waals surface area contributed by atoms with Crippen LogP contribution in [0.1, 0.15) is 23.8 Å². The number of nitrogens with one attached hydrogen (secondary N) is 1. The number of aromatic nitrogens is 2. The van der Waals surface area contributed by atoms with E-state index in [0.717, 1.165) is 44.1 Å². The third kappa shape index (κ3) is 2.45. The third-order valence-electron chi connectivity index (χ3n) is 3.63. The summed E-state index contributed by atoms with van der Waals surface area (Å²) in [4.78, 5) is 3.92. The van der Waals surface area contributed by atoms with Crippen LogP contribution in [0.3, 0.4) is 0 Å². The predicted octanol–water partition coefficient (Wildman–Crippen LogP) is 5.95. The summed E-state index contributed by atoms with van der Waals surface area (Å²) in [5.74, 6) is 0. The van der Waals surface area contributed by atoms with Gasteiger partial charge in [0, 0.05) is 33.4 Å². The van der Waals surface area contributed by atoms with E-state index in [1.165, 1.54) is 11.5 Å². The normalized spacial score (nSPS) is 11.2. The number of nitrogens with zero attached hydrogens (tertiary/aromatic N) is 1. The first-order valence-electron chi connectivity index (χ1n) is 6.64. The standard InChI is InChI=1S/C16H14BrFN2S/c1-3-9(2)10-4-11-12(7-19-16(11)14(17)5-10)13-8-20-21-15(13)6-18/h4-5,7-8,19H,2-3,6H2,1H3. The lowest BCUT2D eigenvalue weighted by molar-refractivity contribution is 0.492. The van der Waals surface area contributed by atoms with E-state index in [1.54, 1.807) is 6.20 Å². The van der Waals surface area contributed by atoms with Crippen molar-refractivity contribution in [2.24, 2.45) is 0 Å².